The molecule has 0 aromatic heterocycles. The summed E-state index contributed by atoms with van der Waals surface area (Å²) in [7, 11) is 4.08. The molecule has 2 unspecified atom stereocenters. The zero-order valence-electron chi connectivity index (χ0n) is 11.5. The van der Waals surface area contributed by atoms with Crippen molar-refractivity contribution in [1.29, 1.82) is 0 Å². The first-order valence-corrected chi connectivity index (χ1v) is 6.49. The third kappa shape index (κ3) is 4.28. The fraction of sp³-hybridized carbons (Fsp3) is 0.923. The highest BCUT2D eigenvalue weighted by molar-refractivity contribution is 5.79. The molecule has 0 spiro atoms. The van der Waals surface area contributed by atoms with Crippen molar-refractivity contribution >= 4 is 5.91 Å². The highest BCUT2D eigenvalue weighted by atomic mass is 16.3. The Bertz CT molecular complexity index is 244. The normalized spacial score (nSPS) is 22.9. The van der Waals surface area contributed by atoms with E-state index in [4.69, 9.17) is 5.11 Å². The summed E-state index contributed by atoms with van der Waals surface area (Å²) < 4.78 is 0. The van der Waals surface area contributed by atoms with Gasteiger partial charge in [0.05, 0.1) is 0 Å². The van der Waals surface area contributed by atoms with E-state index in [2.05, 4.69) is 18.7 Å². The number of carbonyl (C=O) groups is 1. The lowest BCUT2D eigenvalue weighted by atomic mass is 10.0. The number of carbonyl (C=O) groups excluding carboxylic acids is 1. The predicted molar refractivity (Wildman–Crippen MR) is 68.7 cm³/mol. The fourth-order valence-electron chi connectivity index (χ4n) is 2.55. The molecule has 0 aromatic carbocycles. The number of likely N-dealkylation sites (N-methyl/N-ethyl adjacent to an activating group) is 1. The van der Waals surface area contributed by atoms with E-state index in [0.29, 0.717) is 12.3 Å². The fourth-order valence-corrected chi connectivity index (χ4v) is 2.55. The maximum Gasteiger partial charge on any atom is 0.223 e. The second-order valence-electron chi connectivity index (χ2n) is 5.84. The smallest absolute Gasteiger partial charge is 0.223 e. The number of hydrogen-bond acceptors (Lipinski definition) is 3. The van der Waals surface area contributed by atoms with E-state index in [0.717, 1.165) is 19.5 Å². The van der Waals surface area contributed by atoms with Crippen LogP contribution in [0.1, 0.15) is 26.7 Å². The zero-order valence-corrected chi connectivity index (χ0v) is 11.5. The number of aliphatic hydroxyl groups is 1. The van der Waals surface area contributed by atoms with Gasteiger partial charge in [-0.3, -0.25) is 4.79 Å². The zero-order chi connectivity index (χ0) is 13.0. The topological polar surface area (TPSA) is 43.8 Å². The van der Waals surface area contributed by atoms with E-state index in [1.807, 2.05) is 19.0 Å². The van der Waals surface area contributed by atoms with Crippen LogP contribution in [0.25, 0.3) is 0 Å². The highest BCUT2D eigenvalue weighted by Crippen LogP contribution is 2.23. The summed E-state index contributed by atoms with van der Waals surface area (Å²) in [6.07, 6.45) is 1.54. The average molecular weight is 242 g/mol. The van der Waals surface area contributed by atoms with Crippen molar-refractivity contribution < 1.29 is 9.90 Å². The largest absolute Gasteiger partial charge is 0.396 e. The molecule has 1 amide bonds. The molecule has 1 fully saturated rings. The SMILES string of the molecule is CC(C)CC(CN(C)C)N1CC(CO)CC1=O. The van der Waals surface area contributed by atoms with Crippen LogP contribution in [0.3, 0.4) is 0 Å². The Morgan fingerprint density at radius 1 is 1.47 bits per heavy atom. The van der Waals surface area contributed by atoms with Gasteiger partial charge in [-0.1, -0.05) is 13.8 Å². The van der Waals surface area contributed by atoms with Gasteiger partial charge in [0.1, 0.15) is 0 Å². The summed E-state index contributed by atoms with van der Waals surface area (Å²) >= 11 is 0. The first kappa shape index (κ1) is 14.5. The minimum atomic E-state index is 0.124. The second-order valence-corrected chi connectivity index (χ2v) is 5.84. The molecule has 0 aliphatic carbocycles. The van der Waals surface area contributed by atoms with Crippen molar-refractivity contribution in [3.8, 4) is 0 Å². The Labute approximate surface area is 105 Å². The molecule has 4 nitrogen and oxygen atoms in total. The maximum absolute atomic E-state index is 11.9. The monoisotopic (exact) mass is 242 g/mol. The van der Waals surface area contributed by atoms with Crippen molar-refractivity contribution in [3.05, 3.63) is 0 Å². The second kappa shape index (κ2) is 6.36. The van der Waals surface area contributed by atoms with Crippen LogP contribution in [0.2, 0.25) is 0 Å². The van der Waals surface area contributed by atoms with Gasteiger partial charge < -0.3 is 14.9 Å². The third-order valence-electron chi connectivity index (χ3n) is 3.26. The quantitative estimate of drug-likeness (QED) is 0.749. The standard InChI is InChI=1S/C13H26N2O2/c1-10(2)5-12(8-14(3)4)15-7-11(9-16)6-13(15)17/h10-12,16H,5-9H2,1-4H3. The minimum Gasteiger partial charge on any atom is -0.396 e. The minimum absolute atomic E-state index is 0.124. The molecular formula is C13H26N2O2. The summed E-state index contributed by atoms with van der Waals surface area (Å²) in [5.41, 5.74) is 0. The van der Waals surface area contributed by atoms with Gasteiger partial charge in [0, 0.05) is 38.1 Å². The van der Waals surface area contributed by atoms with Crippen LogP contribution in [0.15, 0.2) is 0 Å². The van der Waals surface area contributed by atoms with E-state index in [1.54, 1.807) is 0 Å². The maximum atomic E-state index is 11.9. The molecule has 1 N–H and O–H groups in total. The first-order chi connectivity index (χ1) is 7.93. The van der Waals surface area contributed by atoms with E-state index < -0.39 is 0 Å². The molecule has 0 radical (unpaired) electrons. The van der Waals surface area contributed by atoms with Crippen LogP contribution in [0.5, 0.6) is 0 Å². The van der Waals surface area contributed by atoms with Gasteiger partial charge in [-0.05, 0) is 26.4 Å². The van der Waals surface area contributed by atoms with Crippen molar-refractivity contribution in [3.63, 3.8) is 0 Å². The van der Waals surface area contributed by atoms with Crippen molar-refractivity contribution in [2.24, 2.45) is 11.8 Å². The number of nitrogens with zero attached hydrogens (tertiary/aromatic N) is 2. The number of likely N-dealkylation sites (tertiary alicyclic amines) is 1. The van der Waals surface area contributed by atoms with Gasteiger partial charge in [0.2, 0.25) is 5.91 Å². The molecule has 0 saturated carbocycles. The Balaban J connectivity index is 2.65. The van der Waals surface area contributed by atoms with Crippen LogP contribution in [-0.4, -0.2) is 60.6 Å². The van der Waals surface area contributed by atoms with Crippen molar-refractivity contribution in [2.45, 2.75) is 32.7 Å². The van der Waals surface area contributed by atoms with E-state index in [-0.39, 0.29) is 24.5 Å². The van der Waals surface area contributed by atoms with Crippen LogP contribution in [-0.2, 0) is 4.79 Å². The Morgan fingerprint density at radius 3 is 2.53 bits per heavy atom. The van der Waals surface area contributed by atoms with Crippen LogP contribution >= 0.6 is 0 Å². The lowest BCUT2D eigenvalue weighted by Crippen LogP contribution is -2.43. The number of hydrogen-bond donors (Lipinski definition) is 1. The van der Waals surface area contributed by atoms with Crippen LogP contribution in [0.4, 0.5) is 0 Å². The summed E-state index contributed by atoms with van der Waals surface area (Å²) in [6, 6.07) is 0.286. The van der Waals surface area contributed by atoms with Gasteiger partial charge >= 0.3 is 0 Å². The number of aliphatic hydroxyl groups excluding tert-OH is 1. The van der Waals surface area contributed by atoms with Crippen molar-refractivity contribution in [2.75, 3.05) is 33.8 Å². The van der Waals surface area contributed by atoms with Crippen LogP contribution < -0.4 is 0 Å². The highest BCUT2D eigenvalue weighted by Gasteiger charge is 2.34. The van der Waals surface area contributed by atoms with Gasteiger partial charge in [-0.25, -0.2) is 0 Å². The molecule has 0 aromatic rings. The molecule has 1 aliphatic rings. The van der Waals surface area contributed by atoms with E-state index >= 15 is 0 Å². The first-order valence-electron chi connectivity index (χ1n) is 6.49. The van der Waals surface area contributed by atoms with Gasteiger partial charge in [0.15, 0.2) is 0 Å². The molecular weight excluding hydrogens is 216 g/mol. The molecule has 1 rings (SSSR count). The van der Waals surface area contributed by atoms with Gasteiger partial charge in [-0.15, -0.1) is 0 Å². The lowest BCUT2D eigenvalue weighted by Gasteiger charge is -2.31. The molecule has 17 heavy (non-hydrogen) atoms. The van der Waals surface area contributed by atoms with E-state index in [1.165, 1.54) is 0 Å². The Kier molecular flexibility index (Phi) is 5.40. The number of rotatable bonds is 6. The average Bonchev–Trinajstić information content (AvgIpc) is 2.57. The summed E-state index contributed by atoms with van der Waals surface area (Å²) in [4.78, 5) is 16.0. The molecule has 2 atom stereocenters. The van der Waals surface area contributed by atoms with Gasteiger partial charge in [-0.2, -0.15) is 0 Å². The van der Waals surface area contributed by atoms with Crippen molar-refractivity contribution in [1.82, 2.24) is 9.80 Å². The molecule has 4 heteroatoms. The molecule has 0 bridgehead atoms. The number of amides is 1. The summed E-state index contributed by atoms with van der Waals surface area (Å²) in [5, 5.41) is 9.16. The van der Waals surface area contributed by atoms with Gasteiger partial charge in [0.25, 0.3) is 0 Å². The molecule has 1 aliphatic heterocycles. The molecule has 1 heterocycles. The molecule has 100 valence electrons. The molecule has 1 saturated heterocycles. The Hall–Kier alpha value is -0.610. The van der Waals surface area contributed by atoms with E-state index in [9.17, 15) is 4.79 Å². The summed E-state index contributed by atoms with van der Waals surface area (Å²) in [6.45, 7) is 6.13. The Morgan fingerprint density at radius 2 is 2.12 bits per heavy atom. The predicted octanol–water partition coefficient (Wildman–Crippen LogP) is 0.803. The van der Waals surface area contributed by atoms with Crippen LogP contribution in [0, 0.1) is 11.8 Å². The third-order valence-corrected chi connectivity index (χ3v) is 3.26. The summed E-state index contributed by atoms with van der Waals surface area (Å²) in [5.74, 6) is 0.928. The lowest BCUT2D eigenvalue weighted by molar-refractivity contribution is -0.130.